The molecule has 14 heteroatoms. The fourth-order valence-electron chi connectivity index (χ4n) is 3.34. The van der Waals surface area contributed by atoms with Gasteiger partial charge in [0.05, 0.1) is 11.1 Å². The summed E-state index contributed by atoms with van der Waals surface area (Å²) in [7, 11) is 0. The number of non-ortho nitro benzene ring substituents is 1. The number of para-hydroxylation sites is 1. The first-order valence-corrected chi connectivity index (χ1v) is 9.71. The number of nitro benzene ring substituents is 1. The first-order valence-electron chi connectivity index (χ1n) is 9.71. The van der Waals surface area contributed by atoms with Crippen LogP contribution in [0.25, 0.3) is 28.0 Å². The summed E-state index contributed by atoms with van der Waals surface area (Å²) in [4.78, 5) is 26.5. The van der Waals surface area contributed by atoms with Gasteiger partial charge in [-0.25, -0.2) is 10.1 Å². The topological polar surface area (TPSA) is 196 Å². The van der Waals surface area contributed by atoms with Crippen molar-refractivity contribution in [3.8, 4) is 17.1 Å². The average Bonchev–Trinajstić information content (AvgIpc) is 3.57. The van der Waals surface area contributed by atoms with Crippen LogP contribution in [0.2, 0.25) is 0 Å². The zero-order valence-corrected chi connectivity index (χ0v) is 17.1. The molecule has 0 aliphatic rings. The number of fused-ring (bicyclic) bond motifs is 1. The molecule has 2 aromatic carbocycles. The van der Waals surface area contributed by atoms with Crippen LogP contribution < -0.4 is 11.2 Å². The van der Waals surface area contributed by atoms with Gasteiger partial charge in [0.25, 0.3) is 11.6 Å². The summed E-state index contributed by atoms with van der Waals surface area (Å²) in [5.41, 5.74) is 10.2. The molecule has 0 saturated heterocycles. The summed E-state index contributed by atoms with van der Waals surface area (Å²) in [6.45, 7) is 0. The molecule has 168 valence electrons. The molecular weight excluding hydrogens is 444 g/mol. The number of nitrogens with one attached hydrogen (secondary N) is 2. The van der Waals surface area contributed by atoms with Crippen LogP contribution >= 0.6 is 0 Å². The number of nitro groups is 1. The third-order valence-electron chi connectivity index (χ3n) is 4.92. The number of benzene rings is 2. The Morgan fingerprint density at radius 3 is 2.74 bits per heavy atom. The number of hydrogen-bond donors (Lipinski definition) is 3. The minimum absolute atomic E-state index is 0.00203. The van der Waals surface area contributed by atoms with Gasteiger partial charge in [0.15, 0.2) is 5.69 Å². The van der Waals surface area contributed by atoms with E-state index in [-0.39, 0.29) is 28.7 Å². The van der Waals surface area contributed by atoms with Gasteiger partial charge in [-0.1, -0.05) is 23.4 Å². The summed E-state index contributed by atoms with van der Waals surface area (Å²) >= 11 is 0. The number of anilines is 1. The third-order valence-corrected chi connectivity index (χ3v) is 4.92. The minimum Gasteiger partial charge on any atom is -0.378 e. The summed E-state index contributed by atoms with van der Waals surface area (Å²) < 4.78 is 5.78. The second kappa shape index (κ2) is 8.27. The van der Waals surface area contributed by atoms with Gasteiger partial charge in [0.2, 0.25) is 11.6 Å². The van der Waals surface area contributed by atoms with Crippen molar-refractivity contribution in [1.29, 1.82) is 0 Å². The number of carbonyl (C=O) groups is 1. The van der Waals surface area contributed by atoms with Crippen molar-refractivity contribution in [2.45, 2.75) is 0 Å². The fourth-order valence-corrected chi connectivity index (χ4v) is 3.34. The maximum atomic E-state index is 12.9. The van der Waals surface area contributed by atoms with Gasteiger partial charge in [-0.05, 0) is 28.5 Å². The van der Waals surface area contributed by atoms with Crippen molar-refractivity contribution in [3.63, 3.8) is 0 Å². The number of nitrogen functional groups attached to an aromatic ring is 1. The van der Waals surface area contributed by atoms with Crippen molar-refractivity contribution in [1.82, 2.24) is 35.7 Å². The fraction of sp³-hybridized carbons (Fsp3) is 0. The van der Waals surface area contributed by atoms with E-state index in [4.69, 9.17) is 5.73 Å². The van der Waals surface area contributed by atoms with Crippen LogP contribution in [0.3, 0.4) is 0 Å². The molecule has 0 atom stereocenters. The van der Waals surface area contributed by atoms with E-state index in [1.807, 2.05) is 24.3 Å². The van der Waals surface area contributed by atoms with Crippen molar-refractivity contribution in [2.24, 2.45) is 5.10 Å². The van der Waals surface area contributed by atoms with Gasteiger partial charge < -0.3 is 10.7 Å². The first kappa shape index (κ1) is 20.5. The first-order chi connectivity index (χ1) is 16.5. The number of carbonyl (C=O) groups excluding carboxylic acids is 1. The molecular formula is C20H14N10O4. The van der Waals surface area contributed by atoms with E-state index in [1.165, 1.54) is 30.5 Å². The molecule has 0 radical (unpaired) electrons. The average molecular weight is 458 g/mol. The van der Waals surface area contributed by atoms with E-state index >= 15 is 0 Å². The molecule has 5 aromatic rings. The van der Waals surface area contributed by atoms with E-state index in [1.54, 1.807) is 6.20 Å². The molecule has 0 aliphatic carbocycles. The zero-order valence-electron chi connectivity index (χ0n) is 17.1. The maximum Gasteiger partial charge on any atom is 0.294 e. The zero-order chi connectivity index (χ0) is 23.7. The number of aromatic amines is 1. The molecule has 34 heavy (non-hydrogen) atoms. The highest BCUT2D eigenvalue weighted by atomic mass is 16.6. The van der Waals surface area contributed by atoms with Crippen molar-refractivity contribution in [3.05, 3.63) is 76.1 Å². The molecule has 3 heterocycles. The largest absolute Gasteiger partial charge is 0.378 e. The Morgan fingerprint density at radius 2 is 2.00 bits per heavy atom. The van der Waals surface area contributed by atoms with Crippen LogP contribution in [0.4, 0.5) is 11.5 Å². The van der Waals surface area contributed by atoms with E-state index in [0.717, 1.165) is 21.1 Å². The number of nitrogens with two attached hydrogens (primary N) is 1. The van der Waals surface area contributed by atoms with Crippen LogP contribution in [0.15, 0.2) is 64.5 Å². The molecule has 14 nitrogen and oxygen atoms in total. The molecule has 0 fully saturated rings. The Balaban J connectivity index is 1.49. The van der Waals surface area contributed by atoms with Gasteiger partial charge in [-0.2, -0.15) is 9.78 Å². The van der Waals surface area contributed by atoms with Crippen LogP contribution in [0.1, 0.15) is 16.1 Å². The number of hydrazone groups is 1. The lowest BCUT2D eigenvalue weighted by Gasteiger charge is -2.05. The van der Waals surface area contributed by atoms with Crippen LogP contribution in [0, 0.1) is 10.1 Å². The highest BCUT2D eigenvalue weighted by Gasteiger charge is 2.25. The van der Waals surface area contributed by atoms with Crippen molar-refractivity contribution < 1.29 is 14.3 Å². The molecule has 1 amide bonds. The number of amides is 1. The minimum atomic E-state index is -0.675. The summed E-state index contributed by atoms with van der Waals surface area (Å²) in [6, 6.07) is 13.1. The van der Waals surface area contributed by atoms with Gasteiger partial charge in [-0.15, -0.1) is 5.10 Å². The Bertz CT molecular complexity index is 1550. The summed E-state index contributed by atoms with van der Waals surface area (Å²) in [5.74, 6) is -0.759. The highest BCUT2D eigenvalue weighted by molar-refractivity contribution is 6.01. The molecule has 0 aliphatic heterocycles. The molecule has 0 unspecified atom stereocenters. The molecule has 5 rings (SSSR count). The van der Waals surface area contributed by atoms with Crippen LogP contribution in [-0.2, 0) is 0 Å². The van der Waals surface area contributed by atoms with E-state index in [2.05, 4.69) is 40.8 Å². The SMILES string of the molecule is Nc1nonc1-n1nnc(C(=O)NN=Cc2c[nH]c3ccccc23)c1-c1ccc([N+](=O)[O-])cc1. The normalized spacial score (nSPS) is 11.3. The Morgan fingerprint density at radius 1 is 1.21 bits per heavy atom. The van der Waals surface area contributed by atoms with Gasteiger partial charge in [0.1, 0.15) is 5.69 Å². The predicted octanol–water partition coefficient (Wildman–Crippen LogP) is 2.05. The number of nitrogens with zero attached hydrogens (tertiary/aromatic N) is 7. The van der Waals surface area contributed by atoms with Crippen molar-refractivity contribution >= 4 is 34.5 Å². The Hall–Kier alpha value is -5.40. The molecule has 0 spiro atoms. The summed E-state index contributed by atoms with van der Waals surface area (Å²) in [6.07, 6.45) is 3.26. The number of rotatable bonds is 6. The summed E-state index contributed by atoms with van der Waals surface area (Å²) in [5, 5.41) is 31.1. The van der Waals surface area contributed by atoms with Gasteiger partial charge in [0, 0.05) is 40.4 Å². The number of H-pyrrole nitrogens is 1. The second-order valence-electron chi connectivity index (χ2n) is 6.96. The predicted molar refractivity (Wildman–Crippen MR) is 119 cm³/mol. The molecule has 4 N–H and O–H groups in total. The smallest absolute Gasteiger partial charge is 0.294 e. The number of aromatic nitrogens is 6. The van der Waals surface area contributed by atoms with Crippen LogP contribution in [0.5, 0.6) is 0 Å². The van der Waals surface area contributed by atoms with Gasteiger partial charge in [-0.3, -0.25) is 14.9 Å². The quantitative estimate of drug-likeness (QED) is 0.194. The Kier molecular flexibility index (Phi) is 4.99. The van der Waals surface area contributed by atoms with Crippen molar-refractivity contribution in [2.75, 3.05) is 5.73 Å². The lowest BCUT2D eigenvalue weighted by atomic mass is 10.1. The van der Waals surface area contributed by atoms with Crippen LogP contribution in [-0.4, -0.2) is 47.3 Å². The van der Waals surface area contributed by atoms with E-state index < -0.39 is 10.8 Å². The number of hydrogen-bond acceptors (Lipinski definition) is 10. The second-order valence-corrected chi connectivity index (χ2v) is 6.96. The monoisotopic (exact) mass is 458 g/mol. The van der Waals surface area contributed by atoms with E-state index in [9.17, 15) is 14.9 Å². The third kappa shape index (κ3) is 3.60. The van der Waals surface area contributed by atoms with E-state index in [0.29, 0.717) is 5.56 Å². The lowest BCUT2D eigenvalue weighted by Crippen LogP contribution is -2.19. The Labute approximate surface area is 189 Å². The lowest BCUT2D eigenvalue weighted by molar-refractivity contribution is -0.384. The standard InChI is InChI=1S/C20H14N10O4/c21-18-19(27-34-26-18)29-17(11-5-7-13(8-6-11)30(32)33)16(24-28-29)20(31)25-23-10-12-9-22-15-4-2-1-3-14(12)15/h1-10,22H,(H2,21,26)(H,25,31). The molecule has 3 aromatic heterocycles. The highest BCUT2D eigenvalue weighted by Crippen LogP contribution is 2.28. The molecule has 0 bridgehead atoms. The molecule has 0 saturated carbocycles. The maximum absolute atomic E-state index is 12.9. The van der Waals surface area contributed by atoms with Gasteiger partial charge >= 0.3 is 0 Å².